The van der Waals surface area contributed by atoms with Gasteiger partial charge in [0.25, 0.3) is 11.8 Å². The Kier molecular flexibility index (Phi) is 4.87. The first-order valence-electron chi connectivity index (χ1n) is 9.14. The van der Waals surface area contributed by atoms with Gasteiger partial charge in [0.05, 0.1) is 12.8 Å². The molecular weight excluding hydrogens is 370 g/mol. The van der Waals surface area contributed by atoms with Gasteiger partial charge in [-0.25, -0.2) is 4.79 Å². The standard InChI is InChI=1S/C22H19N3O4/c1-15-6-2-3-7-16(15)13-24-10-4-8-17(24)12-19-20(26)23-22(28)25(21(19)27)14-18-9-5-11-29-18/h2-12H,13-14H2,1H3,(H,23,26,28)/b19-12+. The van der Waals surface area contributed by atoms with Crippen LogP contribution in [-0.2, 0) is 22.7 Å². The van der Waals surface area contributed by atoms with Crippen molar-refractivity contribution in [3.63, 3.8) is 0 Å². The summed E-state index contributed by atoms with van der Waals surface area (Å²) in [5.41, 5.74) is 2.89. The van der Waals surface area contributed by atoms with Crippen LogP contribution in [0.2, 0.25) is 0 Å². The number of aromatic nitrogens is 1. The molecule has 146 valence electrons. The van der Waals surface area contributed by atoms with Crippen molar-refractivity contribution in [1.29, 1.82) is 0 Å². The van der Waals surface area contributed by atoms with Crippen LogP contribution in [0.1, 0.15) is 22.6 Å². The van der Waals surface area contributed by atoms with Gasteiger partial charge in [0, 0.05) is 18.4 Å². The highest BCUT2D eigenvalue weighted by atomic mass is 16.3. The number of benzene rings is 1. The molecule has 2 aromatic heterocycles. The molecule has 1 aliphatic heterocycles. The number of carbonyl (C=O) groups is 3. The predicted octanol–water partition coefficient (Wildman–Crippen LogP) is 3.10. The number of aryl methyl sites for hydroxylation is 1. The average molecular weight is 389 g/mol. The van der Waals surface area contributed by atoms with Gasteiger partial charge in [-0.2, -0.15) is 0 Å². The number of nitrogens with one attached hydrogen (secondary N) is 1. The van der Waals surface area contributed by atoms with Crippen LogP contribution in [0.25, 0.3) is 6.08 Å². The van der Waals surface area contributed by atoms with E-state index >= 15 is 0 Å². The smallest absolute Gasteiger partial charge is 0.331 e. The minimum Gasteiger partial charge on any atom is -0.467 e. The van der Waals surface area contributed by atoms with Crippen molar-refractivity contribution in [3.05, 3.63) is 89.1 Å². The number of hydrogen-bond donors (Lipinski definition) is 1. The zero-order valence-corrected chi connectivity index (χ0v) is 15.8. The van der Waals surface area contributed by atoms with Gasteiger partial charge < -0.3 is 8.98 Å². The predicted molar refractivity (Wildman–Crippen MR) is 105 cm³/mol. The normalized spacial score (nSPS) is 15.8. The zero-order chi connectivity index (χ0) is 20.4. The van der Waals surface area contributed by atoms with E-state index in [9.17, 15) is 14.4 Å². The number of carbonyl (C=O) groups excluding carboxylic acids is 3. The number of imide groups is 2. The van der Waals surface area contributed by atoms with Crippen molar-refractivity contribution in [2.45, 2.75) is 20.0 Å². The van der Waals surface area contributed by atoms with Crippen LogP contribution in [0.3, 0.4) is 0 Å². The molecule has 0 aliphatic carbocycles. The molecule has 4 amide bonds. The molecule has 3 aromatic rings. The summed E-state index contributed by atoms with van der Waals surface area (Å²) in [6, 6.07) is 14.3. The van der Waals surface area contributed by atoms with Gasteiger partial charge >= 0.3 is 6.03 Å². The number of hydrogen-bond acceptors (Lipinski definition) is 4. The number of furan rings is 1. The van der Waals surface area contributed by atoms with E-state index in [0.717, 1.165) is 16.0 Å². The molecule has 0 atom stereocenters. The Morgan fingerprint density at radius 1 is 1.00 bits per heavy atom. The summed E-state index contributed by atoms with van der Waals surface area (Å²) >= 11 is 0. The van der Waals surface area contributed by atoms with Gasteiger partial charge in [0.1, 0.15) is 11.3 Å². The Morgan fingerprint density at radius 2 is 1.83 bits per heavy atom. The second-order valence-electron chi connectivity index (χ2n) is 6.78. The summed E-state index contributed by atoms with van der Waals surface area (Å²) in [5, 5.41) is 2.22. The van der Waals surface area contributed by atoms with Crippen LogP contribution >= 0.6 is 0 Å². The highest BCUT2D eigenvalue weighted by Crippen LogP contribution is 2.19. The summed E-state index contributed by atoms with van der Waals surface area (Å²) in [4.78, 5) is 38.3. The van der Waals surface area contributed by atoms with Gasteiger partial charge in [-0.05, 0) is 48.4 Å². The van der Waals surface area contributed by atoms with Crippen molar-refractivity contribution in [2.24, 2.45) is 0 Å². The maximum Gasteiger partial charge on any atom is 0.331 e. The second-order valence-corrected chi connectivity index (χ2v) is 6.78. The van der Waals surface area contributed by atoms with Crippen molar-refractivity contribution >= 4 is 23.9 Å². The molecule has 0 saturated carbocycles. The highest BCUT2D eigenvalue weighted by Gasteiger charge is 2.36. The Bertz CT molecular complexity index is 1110. The molecule has 1 aliphatic rings. The molecular formula is C22H19N3O4. The number of urea groups is 1. The summed E-state index contributed by atoms with van der Waals surface area (Å²) in [6.07, 6.45) is 4.86. The monoisotopic (exact) mass is 389 g/mol. The van der Waals surface area contributed by atoms with E-state index in [4.69, 9.17) is 4.42 Å². The van der Waals surface area contributed by atoms with Gasteiger partial charge in [-0.3, -0.25) is 19.8 Å². The van der Waals surface area contributed by atoms with Crippen molar-refractivity contribution in [3.8, 4) is 0 Å². The first-order valence-corrected chi connectivity index (χ1v) is 9.14. The van der Waals surface area contributed by atoms with Crippen LogP contribution in [0.4, 0.5) is 4.79 Å². The van der Waals surface area contributed by atoms with E-state index in [-0.39, 0.29) is 12.1 Å². The number of barbiturate groups is 1. The van der Waals surface area contributed by atoms with Crippen molar-refractivity contribution < 1.29 is 18.8 Å². The van der Waals surface area contributed by atoms with E-state index in [2.05, 4.69) is 5.32 Å². The lowest BCUT2D eigenvalue weighted by molar-refractivity contribution is -0.130. The van der Waals surface area contributed by atoms with Crippen molar-refractivity contribution in [1.82, 2.24) is 14.8 Å². The second kappa shape index (κ2) is 7.63. The molecule has 7 nitrogen and oxygen atoms in total. The molecule has 1 fully saturated rings. The van der Waals surface area contributed by atoms with Crippen LogP contribution in [-0.4, -0.2) is 27.3 Å². The third-order valence-corrected chi connectivity index (χ3v) is 4.84. The minimum atomic E-state index is -0.760. The molecule has 1 saturated heterocycles. The fourth-order valence-corrected chi connectivity index (χ4v) is 3.22. The largest absolute Gasteiger partial charge is 0.467 e. The van der Waals surface area contributed by atoms with Crippen LogP contribution < -0.4 is 5.32 Å². The molecule has 1 aromatic carbocycles. The van der Waals surface area contributed by atoms with Gasteiger partial charge in [-0.15, -0.1) is 0 Å². The molecule has 0 spiro atoms. The lowest BCUT2D eigenvalue weighted by atomic mass is 10.1. The van der Waals surface area contributed by atoms with E-state index in [1.54, 1.807) is 12.1 Å². The Balaban J connectivity index is 1.62. The molecule has 1 N–H and O–H groups in total. The fourth-order valence-electron chi connectivity index (χ4n) is 3.22. The van der Waals surface area contributed by atoms with Gasteiger partial charge in [0.2, 0.25) is 0 Å². The summed E-state index contributed by atoms with van der Waals surface area (Å²) in [5.74, 6) is -0.914. The Morgan fingerprint density at radius 3 is 2.59 bits per heavy atom. The third-order valence-electron chi connectivity index (χ3n) is 4.84. The lowest BCUT2D eigenvalue weighted by Crippen LogP contribution is -2.53. The topological polar surface area (TPSA) is 84.6 Å². The van der Waals surface area contributed by atoms with Gasteiger partial charge in [-0.1, -0.05) is 24.3 Å². The van der Waals surface area contributed by atoms with Crippen LogP contribution in [0, 0.1) is 6.92 Å². The molecule has 29 heavy (non-hydrogen) atoms. The molecule has 4 rings (SSSR count). The highest BCUT2D eigenvalue weighted by molar-refractivity contribution is 6.30. The first kappa shape index (κ1) is 18.5. The maximum absolute atomic E-state index is 12.8. The average Bonchev–Trinajstić information content (AvgIpc) is 3.36. The van der Waals surface area contributed by atoms with E-state index < -0.39 is 17.8 Å². The fraction of sp³-hybridized carbons (Fsp3) is 0.136. The molecule has 0 unspecified atom stereocenters. The Hall–Kier alpha value is -3.87. The minimum absolute atomic E-state index is 0.0491. The molecule has 0 radical (unpaired) electrons. The van der Waals surface area contributed by atoms with Gasteiger partial charge in [0.15, 0.2) is 0 Å². The Labute approximate surface area is 167 Å². The number of rotatable bonds is 5. The first-order chi connectivity index (χ1) is 14.0. The SMILES string of the molecule is Cc1ccccc1Cn1cccc1/C=C1\C(=O)NC(=O)N(Cc2ccco2)C1=O. The molecule has 0 bridgehead atoms. The quantitative estimate of drug-likeness (QED) is 0.537. The lowest BCUT2D eigenvalue weighted by Gasteiger charge is -2.25. The van der Waals surface area contributed by atoms with Crippen molar-refractivity contribution in [2.75, 3.05) is 0 Å². The zero-order valence-electron chi connectivity index (χ0n) is 15.8. The van der Waals surface area contributed by atoms with E-state index in [1.807, 2.05) is 54.1 Å². The molecule has 3 heterocycles. The summed E-state index contributed by atoms with van der Waals surface area (Å²) in [7, 11) is 0. The number of amides is 4. The summed E-state index contributed by atoms with van der Waals surface area (Å²) in [6.45, 7) is 2.59. The third kappa shape index (κ3) is 3.75. The summed E-state index contributed by atoms with van der Waals surface area (Å²) < 4.78 is 7.16. The van der Waals surface area contributed by atoms with Crippen LogP contribution in [0.15, 0.2) is 71.0 Å². The van der Waals surface area contributed by atoms with E-state index in [0.29, 0.717) is 18.0 Å². The van der Waals surface area contributed by atoms with E-state index in [1.165, 1.54) is 12.3 Å². The number of nitrogens with zero attached hydrogens (tertiary/aromatic N) is 2. The molecule has 7 heteroatoms. The van der Waals surface area contributed by atoms with Crippen LogP contribution in [0.5, 0.6) is 0 Å². The maximum atomic E-state index is 12.8.